The molecule has 1 aromatic carbocycles. The van der Waals surface area contributed by atoms with Gasteiger partial charge in [-0.3, -0.25) is 4.68 Å². The van der Waals surface area contributed by atoms with Crippen molar-refractivity contribution in [2.75, 3.05) is 17.6 Å². The lowest BCUT2D eigenvalue weighted by Gasteiger charge is -2.07. The average molecular weight is 261 g/mol. The molecule has 2 rings (SSSR count). The van der Waals surface area contributed by atoms with E-state index < -0.39 is 5.97 Å². The second kappa shape index (κ2) is 5.38. The molecule has 0 bridgehead atoms. The van der Waals surface area contributed by atoms with E-state index in [2.05, 4.69) is 15.4 Å². The minimum Gasteiger partial charge on any atom is -0.478 e. The number of hydrogen-bond donors (Lipinski definition) is 3. The van der Waals surface area contributed by atoms with Gasteiger partial charge in [0.1, 0.15) is 6.33 Å². The van der Waals surface area contributed by atoms with Crippen LogP contribution in [0.5, 0.6) is 0 Å². The van der Waals surface area contributed by atoms with Gasteiger partial charge in [-0.1, -0.05) is 0 Å². The van der Waals surface area contributed by atoms with Gasteiger partial charge in [-0.15, -0.1) is 0 Å². The van der Waals surface area contributed by atoms with Gasteiger partial charge in [-0.25, -0.2) is 9.78 Å². The van der Waals surface area contributed by atoms with Crippen LogP contribution in [0.1, 0.15) is 16.2 Å². The summed E-state index contributed by atoms with van der Waals surface area (Å²) < 4.78 is 1.65. The number of carbonyl (C=O) groups is 1. The molecule has 0 aliphatic rings. The van der Waals surface area contributed by atoms with Gasteiger partial charge < -0.3 is 16.2 Å². The Labute approximate surface area is 110 Å². The van der Waals surface area contributed by atoms with Crippen molar-refractivity contribution in [1.82, 2.24) is 14.8 Å². The maximum Gasteiger partial charge on any atom is 0.337 e. The van der Waals surface area contributed by atoms with Crippen molar-refractivity contribution in [1.29, 1.82) is 0 Å². The predicted octanol–water partition coefficient (Wildman–Crippen LogP) is 0.750. The van der Waals surface area contributed by atoms with Gasteiger partial charge in [0.15, 0.2) is 5.82 Å². The van der Waals surface area contributed by atoms with Crippen molar-refractivity contribution in [2.45, 2.75) is 6.42 Å². The number of aromatic carboxylic acids is 1. The Bertz CT molecular complexity index is 594. The molecule has 0 unspecified atom stereocenters. The quantitative estimate of drug-likeness (QED) is 0.686. The zero-order valence-corrected chi connectivity index (χ0v) is 10.5. The largest absolute Gasteiger partial charge is 0.478 e. The van der Waals surface area contributed by atoms with Crippen molar-refractivity contribution in [3.63, 3.8) is 0 Å². The highest BCUT2D eigenvalue weighted by atomic mass is 16.4. The average Bonchev–Trinajstić information content (AvgIpc) is 2.75. The Morgan fingerprint density at radius 3 is 2.89 bits per heavy atom. The molecule has 4 N–H and O–H groups in total. The van der Waals surface area contributed by atoms with Crippen LogP contribution < -0.4 is 11.1 Å². The molecule has 0 aliphatic heterocycles. The van der Waals surface area contributed by atoms with E-state index in [-0.39, 0.29) is 11.3 Å². The number of anilines is 2. The topological polar surface area (TPSA) is 106 Å². The van der Waals surface area contributed by atoms with Crippen LogP contribution in [0.25, 0.3) is 0 Å². The first kappa shape index (κ1) is 12.9. The van der Waals surface area contributed by atoms with E-state index in [9.17, 15) is 4.79 Å². The number of aromatic nitrogens is 3. The molecule has 7 heteroatoms. The third kappa shape index (κ3) is 3.21. The number of rotatable bonds is 5. The van der Waals surface area contributed by atoms with Crippen LogP contribution in [0, 0.1) is 0 Å². The fraction of sp³-hybridized carbons (Fsp3) is 0.250. The van der Waals surface area contributed by atoms with Crippen LogP contribution in [0.2, 0.25) is 0 Å². The van der Waals surface area contributed by atoms with E-state index in [1.54, 1.807) is 23.1 Å². The molecular weight excluding hydrogens is 246 g/mol. The molecule has 0 radical (unpaired) electrons. The van der Waals surface area contributed by atoms with Crippen LogP contribution in [0.15, 0.2) is 24.5 Å². The molecule has 1 heterocycles. The third-order valence-electron chi connectivity index (χ3n) is 2.61. The summed E-state index contributed by atoms with van der Waals surface area (Å²) >= 11 is 0. The standard InChI is InChI=1S/C12H15N5O2/c1-17-7-15-11(16-17)4-5-14-8-2-3-9(12(18)19)10(13)6-8/h2-3,6-7,14H,4-5,13H2,1H3,(H,18,19). The fourth-order valence-corrected chi connectivity index (χ4v) is 1.68. The highest BCUT2D eigenvalue weighted by Gasteiger charge is 2.07. The summed E-state index contributed by atoms with van der Waals surface area (Å²) in [6.07, 6.45) is 2.33. The summed E-state index contributed by atoms with van der Waals surface area (Å²) in [5.41, 5.74) is 6.79. The molecule has 2 aromatic rings. The minimum atomic E-state index is -1.03. The summed E-state index contributed by atoms with van der Waals surface area (Å²) in [6.45, 7) is 0.649. The first-order chi connectivity index (χ1) is 9.06. The molecule has 0 aliphatic carbocycles. The molecule has 19 heavy (non-hydrogen) atoms. The summed E-state index contributed by atoms with van der Waals surface area (Å²) in [6, 6.07) is 4.78. The van der Waals surface area contributed by atoms with Gasteiger partial charge in [-0.05, 0) is 18.2 Å². The smallest absolute Gasteiger partial charge is 0.337 e. The lowest BCUT2D eigenvalue weighted by Crippen LogP contribution is -2.08. The predicted molar refractivity (Wildman–Crippen MR) is 71.0 cm³/mol. The summed E-state index contributed by atoms with van der Waals surface area (Å²) in [4.78, 5) is 14.9. The van der Waals surface area contributed by atoms with Crippen molar-refractivity contribution in [3.05, 3.63) is 35.9 Å². The number of nitrogens with zero attached hydrogens (tertiary/aromatic N) is 3. The Morgan fingerprint density at radius 2 is 2.32 bits per heavy atom. The Kier molecular flexibility index (Phi) is 3.65. The highest BCUT2D eigenvalue weighted by molar-refractivity contribution is 5.94. The SMILES string of the molecule is Cn1cnc(CCNc2ccc(C(=O)O)c(N)c2)n1. The van der Waals surface area contributed by atoms with Gasteiger partial charge in [0, 0.05) is 31.4 Å². The molecule has 0 spiro atoms. The molecule has 1 aromatic heterocycles. The van der Waals surface area contributed by atoms with E-state index in [0.29, 0.717) is 13.0 Å². The van der Waals surface area contributed by atoms with E-state index >= 15 is 0 Å². The molecule has 0 atom stereocenters. The Balaban J connectivity index is 1.93. The van der Waals surface area contributed by atoms with E-state index in [0.717, 1.165) is 11.5 Å². The summed E-state index contributed by atoms with van der Waals surface area (Å²) in [7, 11) is 1.81. The highest BCUT2D eigenvalue weighted by Crippen LogP contribution is 2.17. The summed E-state index contributed by atoms with van der Waals surface area (Å²) in [5, 5.41) is 16.2. The maximum atomic E-state index is 10.8. The molecule has 0 amide bonds. The first-order valence-corrected chi connectivity index (χ1v) is 5.77. The van der Waals surface area contributed by atoms with E-state index in [1.807, 2.05) is 7.05 Å². The number of nitrogens with two attached hydrogens (primary N) is 1. The molecule has 7 nitrogen and oxygen atoms in total. The number of carboxylic acids is 1. The van der Waals surface area contributed by atoms with Gasteiger partial charge in [0.05, 0.1) is 5.56 Å². The number of hydrogen-bond acceptors (Lipinski definition) is 5. The van der Waals surface area contributed by atoms with Crippen LogP contribution in [-0.4, -0.2) is 32.4 Å². The van der Waals surface area contributed by atoms with Crippen LogP contribution in [0.4, 0.5) is 11.4 Å². The maximum absolute atomic E-state index is 10.8. The lowest BCUT2D eigenvalue weighted by molar-refractivity contribution is 0.0698. The molecular formula is C12H15N5O2. The normalized spacial score (nSPS) is 10.4. The number of carboxylic acid groups (broad SMARTS) is 1. The van der Waals surface area contributed by atoms with Gasteiger partial charge >= 0.3 is 5.97 Å². The summed E-state index contributed by atoms with van der Waals surface area (Å²) in [5.74, 6) is -0.271. The number of aryl methyl sites for hydroxylation is 1. The monoisotopic (exact) mass is 261 g/mol. The van der Waals surface area contributed by atoms with Crippen LogP contribution >= 0.6 is 0 Å². The second-order valence-corrected chi connectivity index (χ2v) is 4.12. The number of benzene rings is 1. The minimum absolute atomic E-state index is 0.108. The zero-order valence-electron chi connectivity index (χ0n) is 10.5. The lowest BCUT2D eigenvalue weighted by atomic mass is 10.1. The number of nitrogen functional groups attached to an aromatic ring is 1. The number of nitrogens with one attached hydrogen (secondary N) is 1. The van der Waals surface area contributed by atoms with E-state index in [1.165, 1.54) is 6.07 Å². The van der Waals surface area contributed by atoms with Crippen molar-refractivity contribution in [3.8, 4) is 0 Å². The molecule has 100 valence electrons. The molecule has 0 saturated carbocycles. The van der Waals surface area contributed by atoms with Gasteiger partial charge in [0.2, 0.25) is 0 Å². The zero-order chi connectivity index (χ0) is 13.8. The Morgan fingerprint density at radius 1 is 1.53 bits per heavy atom. The van der Waals surface area contributed by atoms with Gasteiger partial charge in [0.25, 0.3) is 0 Å². The third-order valence-corrected chi connectivity index (χ3v) is 2.61. The molecule has 0 saturated heterocycles. The first-order valence-electron chi connectivity index (χ1n) is 5.77. The van der Waals surface area contributed by atoms with Crippen LogP contribution in [0.3, 0.4) is 0 Å². The second-order valence-electron chi connectivity index (χ2n) is 4.12. The molecule has 0 fully saturated rings. The van der Waals surface area contributed by atoms with Crippen LogP contribution in [-0.2, 0) is 13.5 Å². The van der Waals surface area contributed by atoms with Crippen molar-refractivity contribution >= 4 is 17.3 Å². The van der Waals surface area contributed by atoms with E-state index in [4.69, 9.17) is 10.8 Å². The van der Waals surface area contributed by atoms with Crippen molar-refractivity contribution in [2.24, 2.45) is 7.05 Å². The van der Waals surface area contributed by atoms with Crippen molar-refractivity contribution < 1.29 is 9.90 Å². The fourth-order valence-electron chi connectivity index (χ4n) is 1.68. The van der Waals surface area contributed by atoms with Gasteiger partial charge in [-0.2, -0.15) is 5.10 Å². The Hall–Kier alpha value is -2.57.